The lowest BCUT2D eigenvalue weighted by Crippen LogP contribution is -2.25. The van der Waals surface area contributed by atoms with Gasteiger partial charge >= 0.3 is 0 Å². The van der Waals surface area contributed by atoms with Crippen molar-refractivity contribution in [3.05, 3.63) is 47.3 Å². The standard InChI is InChI=1S/C13H15N3O2/c1-9-2-3-11(12(17)6-9)13(18)14-5-4-10-7-15-16-8-10/h2-3,6-8,17H,4-5H2,1H3,(H,14,18)(H,15,16). The van der Waals surface area contributed by atoms with Crippen molar-refractivity contribution in [3.8, 4) is 5.75 Å². The average Bonchev–Trinajstić information content (AvgIpc) is 2.81. The van der Waals surface area contributed by atoms with E-state index in [0.29, 0.717) is 18.5 Å². The van der Waals surface area contributed by atoms with Crippen LogP contribution in [0.5, 0.6) is 5.75 Å². The number of aromatic hydroxyl groups is 1. The lowest BCUT2D eigenvalue weighted by atomic mass is 10.1. The summed E-state index contributed by atoms with van der Waals surface area (Å²) in [6.45, 7) is 2.37. The number of nitrogens with one attached hydrogen (secondary N) is 2. The number of aromatic nitrogens is 2. The fourth-order valence-electron chi connectivity index (χ4n) is 1.66. The number of carbonyl (C=O) groups is 1. The highest BCUT2D eigenvalue weighted by Crippen LogP contribution is 2.17. The fraction of sp³-hybridized carbons (Fsp3) is 0.231. The zero-order valence-electron chi connectivity index (χ0n) is 10.1. The van der Waals surface area contributed by atoms with E-state index in [1.807, 2.05) is 6.92 Å². The Morgan fingerprint density at radius 2 is 2.33 bits per heavy atom. The minimum Gasteiger partial charge on any atom is -0.507 e. The predicted molar refractivity (Wildman–Crippen MR) is 67.5 cm³/mol. The molecule has 0 saturated heterocycles. The number of phenolic OH excluding ortho intramolecular Hbond substituents is 1. The van der Waals surface area contributed by atoms with Gasteiger partial charge in [-0.1, -0.05) is 6.07 Å². The molecule has 0 spiro atoms. The highest BCUT2D eigenvalue weighted by molar-refractivity contribution is 5.96. The summed E-state index contributed by atoms with van der Waals surface area (Å²) in [5, 5.41) is 19.0. The lowest BCUT2D eigenvalue weighted by Gasteiger charge is -2.06. The van der Waals surface area contributed by atoms with Crippen LogP contribution in [0.3, 0.4) is 0 Å². The van der Waals surface area contributed by atoms with Crippen molar-refractivity contribution in [3.63, 3.8) is 0 Å². The van der Waals surface area contributed by atoms with E-state index in [1.165, 1.54) is 0 Å². The van der Waals surface area contributed by atoms with Gasteiger partial charge in [0.25, 0.3) is 5.91 Å². The van der Waals surface area contributed by atoms with Crippen LogP contribution in [0.2, 0.25) is 0 Å². The third-order valence-corrected chi connectivity index (χ3v) is 2.65. The number of hydrogen-bond donors (Lipinski definition) is 3. The molecule has 0 atom stereocenters. The first kappa shape index (κ1) is 12.2. The summed E-state index contributed by atoms with van der Waals surface area (Å²) in [5.74, 6) is -0.258. The monoisotopic (exact) mass is 245 g/mol. The Morgan fingerprint density at radius 3 is 3.00 bits per heavy atom. The molecular weight excluding hydrogens is 230 g/mol. The Morgan fingerprint density at radius 1 is 1.50 bits per heavy atom. The van der Waals surface area contributed by atoms with Crippen LogP contribution in [0.25, 0.3) is 0 Å². The number of aromatic amines is 1. The van der Waals surface area contributed by atoms with Gasteiger partial charge in [-0.25, -0.2) is 0 Å². The molecule has 3 N–H and O–H groups in total. The summed E-state index contributed by atoms with van der Waals surface area (Å²) in [5.41, 5.74) is 2.25. The number of aryl methyl sites for hydroxylation is 1. The Hall–Kier alpha value is -2.30. The maximum absolute atomic E-state index is 11.8. The van der Waals surface area contributed by atoms with Crippen LogP contribution in [-0.2, 0) is 6.42 Å². The highest BCUT2D eigenvalue weighted by Gasteiger charge is 2.10. The van der Waals surface area contributed by atoms with Crippen molar-refractivity contribution in [2.45, 2.75) is 13.3 Å². The molecule has 2 aromatic rings. The molecule has 0 aliphatic heterocycles. The molecule has 1 aromatic carbocycles. The molecule has 18 heavy (non-hydrogen) atoms. The van der Waals surface area contributed by atoms with Crippen LogP contribution in [0.4, 0.5) is 0 Å². The van der Waals surface area contributed by atoms with Crippen molar-refractivity contribution in [1.82, 2.24) is 15.5 Å². The topological polar surface area (TPSA) is 78.0 Å². The number of nitrogens with zero attached hydrogens (tertiary/aromatic N) is 1. The summed E-state index contributed by atoms with van der Waals surface area (Å²) in [4.78, 5) is 11.8. The summed E-state index contributed by atoms with van der Waals surface area (Å²) in [6, 6.07) is 4.99. The van der Waals surface area contributed by atoms with Crippen molar-refractivity contribution in [2.75, 3.05) is 6.54 Å². The third-order valence-electron chi connectivity index (χ3n) is 2.65. The van der Waals surface area contributed by atoms with E-state index >= 15 is 0 Å². The molecule has 0 aliphatic rings. The molecule has 0 saturated carbocycles. The second-order valence-corrected chi connectivity index (χ2v) is 4.13. The number of rotatable bonds is 4. The van der Waals surface area contributed by atoms with Crippen LogP contribution in [0, 0.1) is 6.92 Å². The second kappa shape index (κ2) is 5.35. The van der Waals surface area contributed by atoms with Gasteiger partial charge in [-0.2, -0.15) is 5.10 Å². The van der Waals surface area contributed by atoms with Gasteiger partial charge in [0.1, 0.15) is 5.75 Å². The Labute approximate surface area is 105 Å². The average molecular weight is 245 g/mol. The van der Waals surface area contributed by atoms with E-state index in [4.69, 9.17) is 0 Å². The van der Waals surface area contributed by atoms with Crippen LogP contribution in [0.15, 0.2) is 30.6 Å². The molecule has 2 rings (SSSR count). The molecular formula is C13H15N3O2. The first-order valence-electron chi connectivity index (χ1n) is 5.72. The van der Waals surface area contributed by atoms with Crippen LogP contribution >= 0.6 is 0 Å². The number of H-pyrrole nitrogens is 1. The van der Waals surface area contributed by atoms with Crippen molar-refractivity contribution in [2.24, 2.45) is 0 Å². The molecule has 0 aliphatic carbocycles. The number of amides is 1. The molecule has 0 radical (unpaired) electrons. The van der Waals surface area contributed by atoms with Gasteiger partial charge in [0.2, 0.25) is 0 Å². The lowest BCUT2D eigenvalue weighted by molar-refractivity contribution is 0.0951. The second-order valence-electron chi connectivity index (χ2n) is 4.13. The van der Waals surface area contributed by atoms with Crippen molar-refractivity contribution < 1.29 is 9.90 Å². The molecule has 5 heteroatoms. The number of carbonyl (C=O) groups excluding carboxylic acids is 1. The van der Waals surface area contributed by atoms with Gasteiger partial charge in [0.15, 0.2) is 0 Å². The molecule has 1 heterocycles. The van der Waals surface area contributed by atoms with Crippen LogP contribution < -0.4 is 5.32 Å². The van der Waals surface area contributed by atoms with E-state index in [2.05, 4.69) is 15.5 Å². The minimum absolute atomic E-state index is 0.0100. The zero-order valence-corrected chi connectivity index (χ0v) is 10.1. The smallest absolute Gasteiger partial charge is 0.255 e. The Kier molecular flexibility index (Phi) is 3.62. The highest BCUT2D eigenvalue weighted by atomic mass is 16.3. The van der Waals surface area contributed by atoms with Gasteiger partial charge in [0, 0.05) is 12.7 Å². The SMILES string of the molecule is Cc1ccc(C(=O)NCCc2cn[nH]c2)c(O)c1. The minimum atomic E-state index is -0.268. The maximum atomic E-state index is 11.8. The number of hydrogen-bond acceptors (Lipinski definition) is 3. The summed E-state index contributed by atoms with van der Waals surface area (Å²) < 4.78 is 0. The molecule has 0 fully saturated rings. The fourth-order valence-corrected chi connectivity index (χ4v) is 1.66. The third kappa shape index (κ3) is 2.88. The van der Waals surface area contributed by atoms with Gasteiger partial charge in [0.05, 0.1) is 11.8 Å². The Bertz CT molecular complexity index is 535. The molecule has 1 amide bonds. The molecule has 0 unspecified atom stereocenters. The van der Waals surface area contributed by atoms with Gasteiger partial charge in [-0.15, -0.1) is 0 Å². The molecule has 94 valence electrons. The zero-order chi connectivity index (χ0) is 13.0. The first-order valence-corrected chi connectivity index (χ1v) is 5.72. The van der Waals surface area contributed by atoms with Gasteiger partial charge in [-0.05, 0) is 36.6 Å². The largest absolute Gasteiger partial charge is 0.507 e. The quantitative estimate of drug-likeness (QED) is 0.761. The van der Waals surface area contributed by atoms with E-state index < -0.39 is 0 Å². The Balaban J connectivity index is 1.91. The van der Waals surface area contributed by atoms with E-state index in [1.54, 1.807) is 30.6 Å². The van der Waals surface area contributed by atoms with Gasteiger partial charge in [-0.3, -0.25) is 9.89 Å². The summed E-state index contributed by atoms with van der Waals surface area (Å²) in [6.07, 6.45) is 4.21. The molecule has 5 nitrogen and oxygen atoms in total. The molecule has 1 aromatic heterocycles. The van der Waals surface area contributed by atoms with E-state index in [-0.39, 0.29) is 11.7 Å². The normalized spacial score (nSPS) is 10.3. The van der Waals surface area contributed by atoms with Crippen LogP contribution in [0.1, 0.15) is 21.5 Å². The summed E-state index contributed by atoms with van der Waals surface area (Å²) >= 11 is 0. The summed E-state index contributed by atoms with van der Waals surface area (Å²) in [7, 11) is 0. The van der Waals surface area contributed by atoms with Crippen molar-refractivity contribution >= 4 is 5.91 Å². The van der Waals surface area contributed by atoms with Crippen LogP contribution in [-0.4, -0.2) is 27.8 Å². The molecule has 0 bridgehead atoms. The van der Waals surface area contributed by atoms with E-state index in [9.17, 15) is 9.90 Å². The van der Waals surface area contributed by atoms with Crippen molar-refractivity contribution in [1.29, 1.82) is 0 Å². The number of phenols is 1. The van der Waals surface area contributed by atoms with E-state index in [0.717, 1.165) is 11.1 Å². The van der Waals surface area contributed by atoms with Gasteiger partial charge < -0.3 is 10.4 Å². The first-order chi connectivity index (χ1) is 8.66. The predicted octanol–water partition coefficient (Wildman–Crippen LogP) is 1.40. The number of benzene rings is 1. The maximum Gasteiger partial charge on any atom is 0.255 e.